The van der Waals surface area contributed by atoms with Crippen molar-refractivity contribution in [1.82, 2.24) is 0 Å². The van der Waals surface area contributed by atoms with Crippen LogP contribution in [0, 0.1) is 17.5 Å². The molecule has 0 amide bonds. The molecule has 19 heavy (non-hydrogen) atoms. The highest BCUT2D eigenvalue weighted by Crippen LogP contribution is 2.27. The lowest BCUT2D eigenvalue weighted by Crippen LogP contribution is -2.04. The Morgan fingerprint density at radius 1 is 0.947 bits per heavy atom. The molecule has 1 nitrogen and oxygen atoms in total. The van der Waals surface area contributed by atoms with Gasteiger partial charge in [0.2, 0.25) is 0 Å². The summed E-state index contributed by atoms with van der Waals surface area (Å²) in [7, 11) is 0. The molecule has 1 atom stereocenters. The van der Waals surface area contributed by atoms with Gasteiger partial charge in [-0.25, -0.2) is 13.2 Å². The van der Waals surface area contributed by atoms with Crippen molar-refractivity contribution in [2.75, 3.05) is 0 Å². The van der Waals surface area contributed by atoms with Gasteiger partial charge in [-0.1, -0.05) is 15.9 Å². The summed E-state index contributed by atoms with van der Waals surface area (Å²) in [5, 5.41) is 10.0. The smallest absolute Gasteiger partial charge is 0.126 e. The van der Waals surface area contributed by atoms with Crippen LogP contribution in [0.15, 0.2) is 40.9 Å². The van der Waals surface area contributed by atoms with Gasteiger partial charge < -0.3 is 5.11 Å². The van der Waals surface area contributed by atoms with Crippen LogP contribution in [-0.4, -0.2) is 5.11 Å². The summed E-state index contributed by atoms with van der Waals surface area (Å²) < 4.78 is 39.7. The number of aliphatic hydroxyl groups excluding tert-OH is 1. The number of benzene rings is 2. The maximum Gasteiger partial charge on any atom is 0.126 e. The van der Waals surface area contributed by atoms with Crippen LogP contribution in [0.3, 0.4) is 0 Å². The van der Waals surface area contributed by atoms with E-state index in [0.29, 0.717) is 15.6 Å². The highest BCUT2D eigenvalue weighted by molar-refractivity contribution is 9.10. The topological polar surface area (TPSA) is 20.2 Å². The van der Waals surface area contributed by atoms with E-state index in [9.17, 15) is 18.3 Å². The van der Waals surface area contributed by atoms with E-state index in [1.165, 1.54) is 18.2 Å². The molecule has 0 aromatic heterocycles. The number of rotatable bonds is 3. The van der Waals surface area contributed by atoms with Gasteiger partial charge in [-0.3, -0.25) is 0 Å². The maximum absolute atomic E-state index is 13.1. The summed E-state index contributed by atoms with van der Waals surface area (Å²) in [4.78, 5) is 0. The third kappa shape index (κ3) is 3.58. The molecule has 2 rings (SSSR count). The van der Waals surface area contributed by atoms with E-state index >= 15 is 0 Å². The highest BCUT2D eigenvalue weighted by atomic mass is 79.9. The van der Waals surface area contributed by atoms with Crippen molar-refractivity contribution < 1.29 is 18.3 Å². The Labute approximate surface area is 116 Å². The number of hydrogen-bond donors (Lipinski definition) is 1. The van der Waals surface area contributed by atoms with E-state index in [1.807, 2.05) is 0 Å². The third-order valence-electron chi connectivity index (χ3n) is 2.67. The minimum absolute atomic E-state index is 0.00324. The van der Waals surface area contributed by atoms with Crippen LogP contribution >= 0.6 is 15.9 Å². The first-order valence-electron chi connectivity index (χ1n) is 5.53. The summed E-state index contributed by atoms with van der Waals surface area (Å²) in [6.45, 7) is 0. The van der Waals surface area contributed by atoms with Crippen LogP contribution in [-0.2, 0) is 6.42 Å². The Bertz CT molecular complexity index is 581. The van der Waals surface area contributed by atoms with Gasteiger partial charge in [-0.05, 0) is 41.5 Å². The van der Waals surface area contributed by atoms with Crippen molar-refractivity contribution in [1.29, 1.82) is 0 Å². The Morgan fingerprint density at radius 2 is 1.58 bits per heavy atom. The zero-order valence-corrected chi connectivity index (χ0v) is 11.3. The lowest BCUT2D eigenvalue weighted by atomic mass is 10.0. The minimum atomic E-state index is -1.05. The van der Waals surface area contributed by atoms with E-state index in [2.05, 4.69) is 15.9 Å². The van der Waals surface area contributed by atoms with Crippen molar-refractivity contribution in [3.63, 3.8) is 0 Å². The van der Waals surface area contributed by atoms with Crippen molar-refractivity contribution in [3.8, 4) is 0 Å². The molecular weight excluding hydrogens is 321 g/mol. The molecular formula is C14H10BrF3O. The molecule has 0 bridgehead atoms. The second-order valence-electron chi connectivity index (χ2n) is 4.16. The van der Waals surface area contributed by atoms with Gasteiger partial charge in [0.25, 0.3) is 0 Å². The molecule has 1 unspecified atom stereocenters. The number of aliphatic hydroxyl groups is 1. The summed E-state index contributed by atoms with van der Waals surface area (Å²) in [6.07, 6.45) is -1.05. The average Bonchev–Trinajstić information content (AvgIpc) is 2.30. The fourth-order valence-corrected chi connectivity index (χ4v) is 2.34. The zero-order valence-electron chi connectivity index (χ0n) is 9.71. The lowest BCUT2D eigenvalue weighted by molar-refractivity contribution is 0.177. The summed E-state index contributed by atoms with van der Waals surface area (Å²) in [6, 6.07) is 6.94. The maximum atomic E-state index is 13.1. The van der Waals surface area contributed by atoms with Gasteiger partial charge in [-0.15, -0.1) is 0 Å². The molecule has 5 heteroatoms. The fourth-order valence-electron chi connectivity index (χ4n) is 1.83. The van der Waals surface area contributed by atoms with Gasteiger partial charge in [0.05, 0.1) is 6.10 Å². The highest BCUT2D eigenvalue weighted by Gasteiger charge is 2.14. The molecule has 2 aromatic rings. The van der Waals surface area contributed by atoms with Crippen LogP contribution in [0.25, 0.3) is 0 Å². The molecule has 0 aliphatic carbocycles. The second-order valence-corrected chi connectivity index (χ2v) is 5.02. The predicted molar refractivity (Wildman–Crippen MR) is 69.1 cm³/mol. The van der Waals surface area contributed by atoms with Gasteiger partial charge in [0.1, 0.15) is 17.5 Å². The summed E-state index contributed by atoms with van der Waals surface area (Å²) in [5.41, 5.74) is 0.644. The van der Waals surface area contributed by atoms with Gasteiger partial charge in [0, 0.05) is 17.0 Å². The van der Waals surface area contributed by atoms with Gasteiger partial charge >= 0.3 is 0 Å². The molecule has 0 saturated heterocycles. The Balaban J connectivity index is 2.25. The largest absolute Gasteiger partial charge is 0.388 e. The molecule has 0 heterocycles. The fraction of sp³-hybridized carbons (Fsp3) is 0.143. The zero-order chi connectivity index (χ0) is 14.0. The second kappa shape index (κ2) is 5.75. The van der Waals surface area contributed by atoms with E-state index in [1.54, 1.807) is 0 Å². The molecule has 2 aromatic carbocycles. The van der Waals surface area contributed by atoms with Gasteiger partial charge in [-0.2, -0.15) is 0 Å². The lowest BCUT2D eigenvalue weighted by Gasteiger charge is -2.13. The third-order valence-corrected chi connectivity index (χ3v) is 3.39. The molecule has 0 fully saturated rings. The van der Waals surface area contributed by atoms with Crippen LogP contribution in [0.1, 0.15) is 17.2 Å². The Morgan fingerprint density at radius 3 is 2.21 bits per heavy atom. The van der Waals surface area contributed by atoms with Crippen LogP contribution in [0.4, 0.5) is 13.2 Å². The average molecular weight is 331 g/mol. The monoisotopic (exact) mass is 330 g/mol. The molecule has 1 N–H and O–H groups in total. The minimum Gasteiger partial charge on any atom is -0.388 e. The first-order valence-corrected chi connectivity index (χ1v) is 6.33. The van der Waals surface area contributed by atoms with Crippen molar-refractivity contribution in [2.45, 2.75) is 12.5 Å². The summed E-state index contributed by atoms with van der Waals surface area (Å²) >= 11 is 3.20. The quantitative estimate of drug-likeness (QED) is 0.896. The standard InChI is InChI=1S/C14H10BrF3O/c15-13-2-1-9(16)7-12(13)14(19)5-8-3-10(17)6-11(18)4-8/h1-4,6-7,14,19H,5H2. The number of halogens is 4. The normalized spacial score (nSPS) is 12.5. The molecule has 0 aliphatic rings. The first-order chi connectivity index (χ1) is 8.95. The van der Waals surface area contributed by atoms with Crippen molar-refractivity contribution in [2.24, 2.45) is 0 Å². The van der Waals surface area contributed by atoms with Crippen LogP contribution in [0.2, 0.25) is 0 Å². The van der Waals surface area contributed by atoms with Crippen LogP contribution in [0.5, 0.6) is 0 Å². The molecule has 100 valence electrons. The molecule has 0 radical (unpaired) electrons. The molecule has 0 aliphatic heterocycles. The van der Waals surface area contributed by atoms with Crippen molar-refractivity contribution >= 4 is 15.9 Å². The van der Waals surface area contributed by atoms with Gasteiger partial charge in [0.15, 0.2) is 0 Å². The molecule has 0 spiro atoms. The number of hydrogen-bond acceptors (Lipinski definition) is 1. The SMILES string of the molecule is OC(Cc1cc(F)cc(F)c1)c1cc(F)ccc1Br. The Kier molecular flexibility index (Phi) is 4.27. The first kappa shape index (κ1) is 14.1. The van der Waals surface area contributed by atoms with Crippen LogP contribution < -0.4 is 0 Å². The predicted octanol–water partition coefficient (Wildman–Crippen LogP) is 4.14. The van der Waals surface area contributed by atoms with E-state index < -0.39 is 23.6 Å². The summed E-state index contributed by atoms with van der Waals surface area (Å²) in [5.74, 6) is -1.90. The van der Waals surface area contributed by atoms with E-state index in [4.69, 9.17) is 0 Å². The van der Waals surface area contributed by atoms with E-state index in [0.717, 1.165) is 18.2 Å². The Hall–Kier alpha value is -1.33. The van der Waals surface area contributed by atoms with Crippen molar-refractivity contribution in [3.05, 3.63) is 69.4 Å². The molecule has 0 saturated carbocycles. The van der Waals surface area contributed by atoms with E-state index in [-0.39, 0.29) is 6.42 Å².